The molecule has 4 atom stereocenters. The Balaban J connectivity index is 0.000000211. The number of likely N-dealkylation sites (N-methyl/N-ethyl adjacent to an activating group) is 2. The van der Waals surface area contributed by atoms with Gasteiger partial charge in [-0.05, 0) is 38.8 Å². The van der Waals surface area contributed by atoms with Crippen LogP contribution in [0, 0.1) is 11.8 Å². The minimum Gasteiger partial charge on any atom is -0.480 e. The third-order valence-electron chi connectivity index (χ3n) is 4.27. The number of methoxy groups -OCH3 is 1. The Kier molecular flexibility index (Phi) is 6.61. The first-order valence-corrected chi connectivity index (χ1v) is 7.47. The second-order valence-corrected chi connectivity index (χ2v) is 6.45. The summed E-state index contributed by atoms with van der Waals surface area (Å²) in [5, 5.41) is 8.66. The Morgan fingerprint density at radius 2 is 1.43 bits per heavy atom. The minimum absolute atomic E-state index is 0.00463. The van der Waals surface area contributed by atoms with Crippen molar-refractivity contribution < 1.29 is 19.4 Å². The summed E-state index contributed by atoms with van der Waals surface area (Å²) >= 11 is 0. The van der Waals surface area contributed by atoms with Crippen LogP contribution in [0.5, 0.6) is 0 Å². The molecular formula is C15H28N2O4. The normalized spacial score (nSPS) is 33.4. The van der Waals surface area contributed by atoms with E-state index in [1.807, 2.05) is 19.0 Å². The highest BCUT2D eigenvalue weighted by Gasteiger charge is 2.33. The highest BCUT2D eigenvalue weighted by Crippen LogP contribution is 2.21. The molecule has 0 aromatic carbocycles. The van der Waals surface area contributed by atoms with Crippen LogP contribution in [0.4, 0.5) is 0 Å². The summed E-state index contributed by atoms with van der Waals surface area (Å²) < 4.78 is 4.67. The summed E-state index contributed by atoms with van der Waals surface area (Å²) in [5.74, 6) is 0.360. The molecule has 0 spiro atoms. The molecule has 2 fully saturated rings. The fourth-order valence-corrected chi connectivity index (χ4v) is 3.21. The molecule has 0 bridgehead atoms. The zero-order valence-electron chi connectivity index (χ0n) is 13.7. The van der Waals surface area contributed by atoms with Crippen molar-refractivity contribution in [3.8, 4) is 0 Å². The number of esters is 1. The van der Waals surface area contributed by atoms with Crippen molar-refractivity contribution in [3.05, 3.63) is 0 Å². The third kappa shape index (κ3) is 4.97. The number of hydrogen-bond acceptors (Lipinski definition) is 5. The number of carboxylic acids is 1. The lowest BCUT2D eigenvalue weighted by atomic mass is 10.1. The number of carbonyl (C=O) groups excluding carboxylic acids is 1. The highest BCUT2D eigenvalue weighted by molar-refractivity contribution is 5.76. The van der Waals surface area contributed by atoms with Gasteiger partial charge in [-0.1, -0.05) is 13.8 Å². The average molecular weight is 300 g/mol. The van der Waals surface area contributed by atoms with E-state index in [0.717, 1.165) is 25.9 Å². The van der Waals surface area contributed by atoms with Crippen molar-refractivity contribution in [1.29, 1.82) is 0 Å². The molecule has 2 aliphatic rings. The van der Waals surface area contributed by atoms with E-state index in [1.54, 1.807) is 0 Å². The zero-order chi connectivity index (χ0) is 16.2. The van der Waals surface area contributed by atoms with E-state index in [-0.39, 0.29) is 18.1 Å². The standard InChI is InChI=1S/C8H15NO2.C7H13NO2/c1-6-4-7(8(10)11-3)9(2)5-6;1-5-3-6(7(9)10)8(2)4-5/h6-7H,4-5H2,1-3H3;5-6H,3-4H2,1-2H3,(H,9,10)/t6-,7+;5-,6+/m11/s1. The molecule has 21 heavy (non-hydrogen) atoms. The maximum atomic E-state index is 11.1. The van der Waals surface area contributed by atoms with Crippen LogP contribution >= 0.6 is 0 Å². The first-order chi connectivity index (χ1) is 9.76. The summed E-state index contributed by atoms with van der Waals surface area (Å²) in [6.45, 7) is 6.15. The van der Waals surface area contributed by atoms with Crippen LogP contribution in [0.15, 0.2) is 0 Å². The van der Waals surface area contributed by atoms with Gasteiger partial charge in [0.1, 0.15) is 12.1 Å². The molecule has 122 valence electrons. The summed E-state index contributed by atoms with van der Waals surface area (Å²) in [4.78, 5) is 25.6. The average Bonchev–Trinajstić information content (AvgIpc) is 2.91. The molecule has 6 nitrogen and oxygen atoms in total. The molecule has 0 aromatic rings. The van der Waals surface area contributed by atoms with E-state index >= 15 is 0 Å². The fourth-order valence-electron chi connectivity index (χ4n) is 3.21. The van der Waals surface area contributed by atoms with Gasteiger partial charge in [-0.3, -0.25) is 19.4 Å². The van der Waals surface area contributed by atoms with Gasteiger partial charge < -0.3 is 9.84 Å². The predicted octanol–water partition coefficient (Wildman–Crippen LogP) is 0.911. The van der Waals surface area contributed by atoms with Crippen molar-refractivity contribution in [2.75, 3.05) is 34.3 Å². The van der Waals surface area contributed by atoms with Gasteiger partial charge in [0.2, 0.25) is 0 Å². The topological polar surface area (TPSA) is 70.1 Å². The third-order valence-corrected chi connectivity index (χ3v) is 4.27. The number of likely N-dealkylation sites (tertiary alicyclic amines) is 2. The second-order valence-electron chi connectivity index (χ2n) is 6.45. The summed E-state index contributed by atoms with van der Waals surface area (Å²) in [5.41, 5.74) is 0. The Morgan fingerprint density at radius 3 is 1.67 bits per heavy atom. The molecule has 1 N–H and O–H groups in total. The number of hydrogen-bond donors (Lipinski definition) is 1. The molecular weight excluding hydrogens is 272 g/mol. The summed E-state index contributed by atoms with van der Waals surface area (Å²) in [6, 6.07) is -0.245. The van der Waals surface area contributed by atoms with Crippen LogP contribution in [0.1, 0.15) is 26.7 Å². The lowest BCUT2D eigenvalue weighted by Gasteiger charge is -2.15. The molecule has 0 amide bonds. The Morgan fingerprint density at radius 1 is 1.00 bits per heavy atom. The van der Waals surface area contributed by atoms with Gasteiger partial charge in [0, 0.05) is 13.1 Å². The summed E-state index contributed by atoms with van der Waals surface area (Å²) in [7, 11) is 5.27. The molecule has 0 unspecified atom stereocenters. The van der Waals surface area contributed by atoms with Crippen LogP contribution in [0.2, 0.25) is 0 Å². The van der Waals surface area contributed by atoms with E-state index in [9.17, 15) is 9.59 Å². The van der Waals surface area contributed by atoms with Gasteiger partial charge in [0.25, 0.3) is 0 Å². The highest BCUT2D eigenvalue weighted by atomic mass is 16.5. The van der Waals surface area contributed by atoms with Crippen LogP contribution < -0.4 is 0 Å². The maximum absolute atomic E-state index is 11.1. The fraction of sp³-hybridized carbons (Fsp3) is 0.867. The molecule has 0 saturated carbocycles. The van der Waals surface area contributed by atoms with Crippen molar-refractivity contribution >= 4 is 11.9 Å². The van der Waals surface area contributed by atoms with Gasteiger partial charge >= 0.3 is 11.9 Å². The molecule has 2 heterocycles. The largest absolute Gasteiger partial charge is 0.480 e. The van der Waals surface area contributed by atoms with E-state index in [4.69, 9.17) is 5.11 Å². The smallest absolute Gasteiger partial charge is 0.323 e. The number of carboxylic acid groups (broad SMARTS) is 1. The van der Waals surface area contributed by atoms with Crippen LogP contribution in [-0.4, -0.2) is 73.2 Å². The predicted molar refractivity (Wildman–Crippen MR) is 80.0 cm³/mol. The van der Waals surface area contributed by atoms with Gasteiger partial charge in [0.05, 0.1) is 7.11 Å². The molecule has 0 aliphatic carbocycles. The molecule has 0 radical (unpaired) electrons. The van der Waals surface area contributed by atoms with Crippen LogP contribution in [-0.2, 0) is 14.3 Å². The number of nitrogens with zero attached hydrogens (tertiary/aromatic N) is 2. The molecule has 0 aromatic heterocycles. The van der Waals surface area contributed by atoms with Crippen LogP contribution in [0.25, 0.3) is 0 Å². The van der Waals surface area contributed by atoms with E-state index < -0.39 is 5.97 Å². The van der Waals surface area contributed by atoms with Crippen LogP contribution in [0.3, 0.4) is 0 Å². The van der Waals surface area contributed by atoms with Crippen molar-refractivity contribution in [2.24, 2.45) is 11.8 Å². The van der Waals surface area contributed by atoms with Gasteiger partial charge in [-0.15, -0.1) is 0 Å². The Bertz CT molecular complexity index is 375. The van der Waals surface area contributed by atoms with Crippen molar-refractivity contribution in [2.45, 2.75) is 38.8 Å². The molecule has 2 saturated heterocycles. The number of carbonyl (C=O) groups is 2. The van der Waals surface area contributed by atoms with Crippen molar-refractivity contribution in [1.82, 2.24) is 9.80 Å². The van der Waals surface area contributed by atoms with Gasteiger partial charge in [-0.2, -0.15) is 0 Å². The van der Waals surface area contributed by atoms with Gasteiger partial charge in [-0.25, -0.2) is 0 Å². The number of ether oxygens (including phenoxy) is 1. The zero-order valence-corrected chi connectivity index (χ0v) is 13.7. The summed E-state index contributed by atoms with van der Waals surface area (Å²) in [6.07, 6.45) is 1.73. The first-order valence-electron chi connectivity index (χ1n) is 7.47. The SMILES string of the molecule is COC(=O)[C@@H]1C[C@@H](C)CN1C.C[C@@H]1C[C@@H](C(=O)O)N(C)C1. The quantitative estimate of drug-likeness (QED) is 0.765. The number of aliphatic carboxylic acids is 1. The molecule has 2 rings (SSSR count). The lowest BCUT2D eigenvalue weighted by molar-refractivity contribution is -0.145. The monoisotopic (exact) mass is 300 g/mol. The maximum Gasteiger partial charge on any atom is 0.323 e. The molecule has 6 heteroatoms. The Hall–Kier alpha value is -1.14. The first kappa shape index (κ1) is 17.9. The molecule has 2 aliphatic heterocycles. The van der Waals surface area contributed by atoms with E-state index in [0.29, 0.717) is 11.8 Å². The van der Waals surface area contributed by atoms with Crippen molar-refractivity contribution in [3.63, 3.8) is 0 Å². The Labute approximate surface area is 127 Å². The number of rotatable bonds is 2. The lowest BCUT2D eigenvalue weighted by Crippen LogP contribution is -2.33. The van der Waals surface area contributed by atoms with E-state index in [1.165, 1.54) is 7.11 Å². The van der Waals surface area contributed by atoms with E-state index in [2.05, 4.69) is 23.5 Å². The second kappa shape index (κ2) is 7.75. The minimum atomic E-state index is -0.688. The van der Waals surface area contributed by atoms with Gasteiger partial charge in [0.15, 0.2) is 0 Å².